The lowest BCUT2D eigenvalue weighted by Gasteiger charge is -2.45. The highest BCUT2D eigenvalue weighted by atomic mass is 19.4. The Bertz CT molecular complexity index is 1550. The average Bonchev–Trinajstić information content (AvgIpc) is 3.29. The number of amides is 2. The summed E-state index contributed by atoms with van der Waals surface area (Å²) in [6, 6.07) is 8.33. The molecule has 6 rings (SSSR count). The number of benzene rings is 1. The van der Waals surface area contributed by atoms with E-state index in [1.807, 2.05) is 4.90 Å². The van der Waals surface area contributed by atoms with Gasteiger partial charge < -0.3 is 10.2 Å². The summed E-state index contributed by atoms with van der Waals surface area (Å²) in [6.07, 6.45) is 3.23. The highest BCUT2D eigenvalue weighted by Crippen LogP contribution is 2.39. The summed E-state index contributed by atoms with van der Waals surface area (Å²) in [5.74, 6) is 6.74. The molecule has 0 aliphatic carbocycles. The zero-order valence-corrected chi connectivity index (χ0v) is 22.9. The molecule has 2 fully saturated rings. The number of aliphatic imine (C=N–C) groups is 2. The van der Waals surface area contributed by atoms with E-state index in [0.29, 0.717) is 24.5 Å². The third kappa shape index (κ3) is 5.03. The van der Waals surface area contributed by atoms with E-state index < -0.39 is 17.6 Å². The van der Waals surface area contributed by atoms with Crippen molar-refractivity contribution in [2.45, 2.75) is 32.0 Å². The van der Waals surface area contributed by atoms with E-state index in [2.05, 4.69) is 27.1 Å². The summed E-state index contributed by atoms with van der Waals surface area (Å²) in [5.41, 5.74) is 1.51. The standard InChI is InChI=1S/C29H29F3N8O2/c1-2-38-16-22-8-7-20(15-39(22)25(41)17-38)26-23-14-34-11-12-40(23,33)27(37-26)18-3-5-19(6-4-18)28(42)36-24-13-21(9-10-35-24)29(30,31)32/h3-6,9-14,20,22H,2,7-8,15-17,33H2,1H3/p+1/t20-,22+,40?/m1/s1. The number of quaternary nitrogens is 1. The number of likely N-dealkylation sites (N-methyl/N-ethyl adjacent to an activating group) is 1. The first-order valence-corrected chi connectivity index (χ1v) is 13.8. The minimum Gasteiger partial charge on any atom is -0.337 e. The van der Waals surface area contributed by atoms with Crippen LogP contribution in [0.5, 0.6) is 0 Å². The van der Waals surface area contributed by atoms with E-state index in [1.165, 1.54) is 0 Å². The van der Waals surface area contributed by atoms with Gasteiger partial charge in [0, 0.05) is 36.8 Å². The van der Waals surface area contributed by atoms with Gasteiger partial charge in [-0.15, -0.1) is 4.59 Å². The minimum atomic E-state index is -4.55. The zero-order valence-electron chi connectivity index (χ0n) is 22.9. The number of allylic oxidation sites excluding steroid dienone is 1. The van der Waals surface area contributed by atoms with Gasteiger partial charge in [0.25, 0.3) is 11.7 Å². The first-order valence-electron chi connectivity index (χ1n) is 13.8. The number of nitrogens with two attached hydrogens (primary N) is 1. The van der Waals surface area contributed by atoms with Gasteiger partial charge in [-0.05, 0) is 55.8 Å². The van der Waals surface area contributed by atoms with Crippen molar-refractivity contribution in [2.75, 3.05) is 31.5 Å². The fourth-order valence-electron chi connectivity index (χ4n) is 5.97. The number of halogens is 3. The molecule has 0 spiro atoms. The van der Waals surface area contributed by atoms with Gasteiger partial charge >= 0.3 is 6.18 Å². The maximum atomic E-state index is 13.0. The van der Waals surface area contributed by atoms with Crippen molar-refractivity contribution in [1.29, 1.82) is 0 Å². The molecule has 1 aromatic heterocycles. The smallest absolute Gasteiger partial charge is 0.337 e. The SMILES string of the molecule is CCN1CC(=O)N2C[C@H](C3=C4C=NC=C[N+]4(N)C(c4ccc(C(=O)Nc5cc(C(F)(F)F)ccn5)cc4)=N3)CC[C@H]2C1. The number of alkyl halides is 3. The molecule has 0 saturated carbocycles. The number of nitrogens with zero attached hydrogens (tertiary/aromatic N) is 6. The highest BCUT2D eigenvalue weighted by molar-refractivity contribution is 6.05. The van der Waals surface area contributed by atoms with Crippen LogP contribution in [0.4, 0.5) is 19.0 Å². The average molecular weight is 580 g/mol. The van der Waals surface area contributed by atoms with E-state index >= 15 is 0 Å². The van der Waals surface area contributed by atoms with Gasteiger partial charge in [0.15, 0.2) is 0 Å². The fourth-order valence-corrected chi connectivity index (χ4v) is 5.97. The molecule has 3 N–H and O–H groups in total. The van der Waals surface area contributed by atoms with Crippen molar-refractivity contribution in [3.8, 4) is 0 Å². The van der Waals surface area contributed by atoms with Gasteiger partial charge in [-0.2, -0.15) is 24.0 Å². The quantitative estimate of drug-likeness (QED) is 0.416. The van der Waals surface area contributed by atoms with Crippen LogP contribution >= 0.6 is 0 Å². The maximum absolute atomic E-state index is 13.0. The van der Waals surface area contributed by atoms with E-state index in [0.717, 1.165) is 55.7 Å². The Morgan fingerprint density at radius 2 is 1.95 bits per heavy atom. The van der Waals surface area contributed by atoms with Gasteiger partial charge in [0.05, 0.1) is 30.1 Å². The molecular formula is C29H30F3N8O2+. The molecule has 4 aliphatic rings. The number of aromatic nitrogens is 1. The number of pyridine rings is 1. The van der Waals surface area contributed by atoms with Crippen molar-refractivity contribution in [2.24, 2.45) is 21.7 Å². The van der Waals surface area contributed by atoms with Gasteiger partial charge in [0.1, 0.15) is 17.7 Å². The predicted molar refractivity (Wildman–Crippen MR) is 150 cm³/mol. The van der Waals surface area contributed by atoms with Crippen LogP contribution in [0.15, 0.2) is 76.4 Å². The Morgan fingerprint density at radius 3 is 2.69 bits per heavy atom. The summed E-state index contributed by atoms with van der Waals surface area (Å²) >= 11 is 0. The lowest BCUT2D eigenvalue weighted by molar-refractivity contribution is -0.750. The fraction of sp³-hybridized carbons (Fsp3) is 0.345. The van der Waals surface area contributed by atoms with Crippen molar-refractivity contribution < 1.29 is 27.4 Å². The molecule has 13 heteroatoms. The number of amidine groups is 1. The molecular weight excluding hydrogens is 549 g/mol. The van der Waals surface area contributed by atoms with E-state index in [-0.39, 0.29) is 33.8 Å². The molecule has 0 radical (unpaired) electrons. The second-order valence-corrected chi connectivity index (χ2v) is 10.8. The van der Waals surface area contributed by atoms with E-state index in [4.69, 9.17) is 10.8 Å². The van der Waals surface area contributed by atoms with Gasteiger partial charge in [-0.1, -0.05) is 6.92 Å². The van der Waals surface area contributed by atoms with Crippen LogP contribution < -0.4 is 11.2 Å². The van der Waals surface area contributed by atoms with Crippen LogP contribution in [0.1, 0.15) is 41.3 Å². The number of nitrogens with one attached hydrogen (secondary N) is 1. The molecule has 42 heavy (non-hydrogen) atoms. The monoisotopic (exact) mass is 579 g/mol. The normalized spacial score (nSPS) is 25.8. The number of hydrogen-bond acceptors (Lipinski definition) is 7. The third-order valence-corrected chi connectivity index (χ3v) is 8.25. The van der Waals surface area contributed by atoms with Crippen molar-refractivity contribution in [3.05, 3.63) is 83.1 Å². The largest absolute Gasteiger partial charge is 0.416 e. The molecule has 3 atom stereocenters. The van der Waals surface area contributed by atoms with Crippen LogP contribution in [0, 0.1) is 5.92 Å². The number of piperidine rings is 1. The van der Waals surface area contributed by atoms with Crippen LogP contribution in [0.2, 0.25) is 0 Å². The molecule has 10 nitrogen and oxygen atoms in total. The maximum Gasteiger partial charge on any atom is 0.416 e. The molecule has 2 aromatic rings. The van der Waals surface area contributed by atoms with E-state index in [9.17, 15) is 22.8 Å². The molecule has 1 unspecified atom stereocenters. The zero-order chi connectivity index (χ0) is 29.6. The number of piperazine rings is 1. The van der Waals surface area contributed by atoms with Crippen molar-refractivity contribution in [1.82, 2.24) is 14.8 Å². The number of carbonyl (C=O) groups excluding carboxylic acids is 2. The molecule has 4 aliphatic heterocycles. The predicted octanol–water partition coefficient (Wildman–Crippen LogP) is 3.51. The summed E-state index contributed by atoms with van der Waals surface area (Å²) in [7, 11) is 0. The van der Waals surface area contributed by atoms with Crippen molar-refractivity contribution >= 4 is 29.7 Å². The van der Waals surface area contributed by atoms with Crippen LogP contribution in [0.3, 0.4) is 0 Å². The minimum absolute atomic E-state index is 0.00473. The molecule has 0 bridgehead atoms. The summed E-state index contributed by atoms with van der Waals surface area (Å²) in [5, 5.41) is 2.41. The van der Waals surface area contributed by atoms with Gasteiger partial charge in [-0.3, -0.25) is 19.5 Å². The molecule has 1 aromatic carbocycles. The third-order valence-electron chi connectivity index (χ3n) is 8.25. The lowest BCUT2D eigenvalue weighted by atomic mass is 9.88. The molecule has 218 valence electrons. The van der Waals surface area contributed by atoms with Crippen molar-refractivity contribution in [3.63, 3.8) is 0 Å². The number of fused-ring (bicyclic) bond motifs is 2. The number of anilines is 1. The Balaban J connectivity index is 1.23. The van der Waals surface area contributed by atoms with E-state index in [1.54, 1.807) is 42.9 Å². The number of carbonyl (C=O) groups is 2. The Hall–Kier alpha value is -4.20. The van der Waals surface area contributed by atoms with Crippen LogP contribution in [-0.4, -0.2) is 75.5 Å². The van der Waals surface area contributed by atoms with Gasteiger partial charge in [0.2, 0.25) is 11.6 Å². The second-order valence-electron chi connectivity index (χ2n) is 10.8. The van der Waals surface area contributed by atoms with Crippen LogP contribution in [0.25, 0.3) is 0 Å². The Kier molecular flexibility index (Phi) is 7.03. The topological polar surface area (TPSA) is 116 Å². The Labute approximate surface area is 240 Å². The summed E-state index contributed by atoms with van der Waals surface area (Å²) in [6.45, 7) is 4.78. The second kappa shape index (κ2) is 10.6. The number of hydrogen-bond donors (Lipinski definition) is 2. The first-order chi connectivity index (χ1) is 20.1. The van der Waals surface area contributed by atoms with Gasteiger partial charge in [-0.25, -0.2) is 4.98 Å². The first kappa shape index (κ1) is 27.9. The highest BCUT2D eigenvalue weighted by Gasteiger charge is 2.48. The summed E-state index contributed by atoms with van der Waals surface area (Å²) < 4.78 is 38.9. The number of rotatable bonds is 5. The van der Waals surface area contributed by atoms with Crippen LogP contribution in [-0.2, 0) is 11.0 Å². The molecule has 2 amide bonds. The molecule has 5 heterocycles. The Morgan fingerprint density at radius 1 is 1.17 bits per heavy atom. The molecule has 2 saturated heterocycles. The summed E-state index contributed by atoms with van der Waals surface area (Å²) in [4.78, 5) is 43.0. The lowest BCUT2D eigenvalue weighted by Crippen LogP contribution is -2.59.